The molecule has 0 saturated carbocycles. The molecule has 0 aliphatic rings. The number of carbonyl (C=O) groups excluding carboxylic acids is 1. The summed E-state index contributed by atoms with van der Waals surface area (Å²) >= 11 is 0. The van der Waals surface area contributed by atoms with E-state index in [0.717, 1.165) is 32.4 Å². The van der Waals surface area contributed by atoms with Crippen LogP contribution in [0.2, 0.25) is 0 Å². The lowest BCUT2D eigenvalue weighted by Crippen LogP contribution is -2.30. The molecular formula is C13H29N3O. The summed E-state index contributed by atoms with van der Waals surface area (Å²) in [6, 6.07) is 0. The lowest BCUT2D eigenvalue weighted by molar-refractivity contribution is -0.130. The standard InChI is InChI=1S/C13H29N3O/c1-13(2,8-9-14)7-6-12(17)16(4)11-5-10-15-3/h15H,5-11,14H2,1-4H3. The van der Waals surface area contributed by atoms with Gasteiger partial charge in [0.15, 0.2) is 0 Å². The van der Waals surface area contributed by atoms with Crippen molar-refractivity contribution in [2.45, 2.75) is 39.5 Å². The molecule has 0 aromatic rings. The summed E-state index contributed by atoms with van der Waals surface area (Å²) in [7, 11) is 3.81. The predicted molar refractivity (Wildman–Crippen MR) is 72.9 cm³/mol. The van der Waals surface area contributed by atoms with Crippen LogP contribution in [0.15, 0.2) is 0 Å². The minimum atomic E-state index is 0.177. The molecule has 0 rings (SSSR count). The van der Waals surface area contributed by atoms with Gasteiger partial charge in [-0.2, -0.15) is 0 Å². The van der Waals surface area contributed by atoms with Crippen molar-refractivity contribution in [3.63, 3.8) is 0 Å². The number of hydrogen-bond donors (Lipinski definition) is 2. The summed E-state index contributed by atoms with van der Waals surface area (Å²) in [4.78, 5) is 13.7. The van der Waals surface area contributed by atoms with Crippen LogP contribution in [0.3, 0.4) is 0 Å². The van der Waals surface area contributed by atoms with E-state index in [2.05, 4.69) is 19.2 Å². The molecule has 3 N–H and O–H groups in total. The quantitative estimate of drug-likeness (QED) is 0.598. The van der Waals surface area contributed by atoms with Gasteiger partial charge in [-0.3, -0.25) is 4.79 Å². The minimum absolute atomic E-state index is 0.177. The van der Waals surface area contributed by atoms with Gasteiger partial charge in [0, 0.05) is 20.0 Å². The Labute approximate surface area is 106 Å². The number of carbonyl (C=O) groups is 1. The zero-order chi connectivity index (χ0) is 13.3. The number of hydrogen-bond acceptors (Lipinski definition) is 3. The molecule has 4 heteroatoms. The van der Waals surface area contributed by atoms with Crippen molar-refractivity contribution in [3.8, 4) is 0 Å². The highest BCUT2D eigenvalue weighted by molar-refractivity contribution is 5.75. The number of nitrogens with zero attached hydrogens (tertiary/aromatic N) is 1. The van der Waals surface area contributed by atoms with Gasteiger partial charge in [0.1, 0.15) is 0 Å². The molecule has 0 bridgehead atoms. The Morgan fingerprint density at radius 2 is 2.00 bits per heavy atom. The van der Waals surface area contributed by atoms with Crippen LogP contribution in [0, 0.1) is 5.41 Å². The first-order valence-corrected chi connectivity index (χ1v) is 6.51. The third kappa shape index (κ3) is 8.16. The molecule has 4 nitrogen and oxygen atoms in total. The van der Waals surface area contributed by atoms with Crippen LogP contribution in [0.4, 0.5) is 0 Å². The molecule has 0 aromatic carbocycles. The average molecular weight is 243 g/mol. The summed E-state index contributed by atoms with van der Waals surface area (Å²) < 4.78 is 0. The highest BCUT2D eigenvalue weighted by atomic mass is 16.2. The lowest BCUT2D eigenvalue weighted by atomic mass is 9.84. The van der Waals surface area contributed by atoms with Gasteiger partial charge in [-0.25, -0.2) is 0 Å². The van der Waals surface area contributed by atoms with E-state index in [1.165, 1.54) is 0 Å². The predicted octanol–water partition coefficient (Wildman–Crippen LogP) is 1.21. The normalized spacial score (nSPS) is 11.6. The van der Waals surface area contributed by atoms with E-state index in [0.29, 0.717) is 13.0 Å². The SMILES string of the molecule is CNCCCN(C)C(=O)CCC(C)(C)CCN. The zero-order valence-corrected chi connectivity index (χ0v) is 11.9. The van der Waals surface area contributed by atoms with Crippen molar-refractivity contribution in [2.24, 2.45) is 11.1 Å². The third-order valence-corrected chi connectivity index (χ3v) is 3.18. The Bertz CT molecular complexity index is 217. The maximum atomic E-state index is 11.9. The van der Waals surface area contributed by atoms with Gasteiger partial charge in [-0.1, -0.05) is 13.8 Å². The van der Waals surface area contributed by atoms with Crippen molar-refractivity contribution >= 4 is 5.91 Å². The van der Waals surface area contributed by atoms with Crippen LogP contribution in [-0.4, -0.2) is 44.5 Å². The van der Waals surface area contributed by atoms with E-state index in [1.807, 2.05) is 19.0 Å². The van der Waals surface area contributed by atoms with Crippen LogP contribution < -0.4 is 11.1 Å². The van der Waals surface area contributed by atoms with Gasteiger partial charge < -0.3 is 16.0 Å². The van der Waals surface area contributed by atoms with E-state index in [1.54, 1.807) is 0 Å². The Morgan fingerprint density at radius 1 is 1.35 bits per heavy atom. The average Bonchev–Trinajstić information content (AvgIpc) is 2.26. The molecule has 0 saturated heterocycles. The van der Waals surface area contributed by atoms with Crippen molar-refractivity contribution in [3.05, 3.63) is 0 Å². The van der Waals surface area contributed by atoms with Crippen LogP contribution in [0.1, 0.15) is 39.5 Å². The molecule has 0 unspecified atom stereocenters. The van der Waals surface area contributed by atoms with Gasteiger partial charge in [0.05, 0.1) is 0 Å². The van der Waals surface area contributed by atoms with Crippen molar-refractivity contribution in [2.75, 3.05) is 33.7 Å². The van der Waals surface area contributed by atoms with E-state index < -0.39 is 0 Å². The maximum absolute atomic E-state index is 11.9. The van der Waals surface area contributed by atoms with Gasteiger partial charge in [-0.05, 0) is 44.8 Å². The number of nitrogens with two attached hydrogens (primary N) is 1. The van der Waals surface area contributed by atoms with Gasteiger partial charge in [-0.15, -0.1) is 0 Å². The number of rotatable bonds is 9. The second-order valence-corrected chi connectivity index (χ2v) is 5.48. The molecule has 17 heavy (non-hydrogen) atoms. The minimum Gasteiger partial charge on any atom is -0.346 e. The Morgan fingerprint density at radius 3 is 2.53 bits per heavy atom. The molecule has 0 heterocycles. The van der Waals surface area contributed by atoms with E-state index in [-0.39, 0.29) is 11.3 Å². The molecule has 0 aliphatic heterocycles. The Balaban J connectivity index is 3.84. The first kappa shape index (κ1) is 16.4. The molecule has 0 radical (unpaired) electrons. The molecule has 0 fully saturated rings. The van der Waals surface area contributed by atoms with E-state index in [4.69, 9.17) is 5.73 Å². The summed E-state index contributed by atoms with van der Waals surface area (Å²) in [5.74, 6) is 0.242. The van der Waals surface area contributed by atoms with Crippen molar-refractivity contribution in [1.29, 1.82) is 0 Å². The summed E-state index contributed by atoms with van der Waals surface area (Å²) in [5.41, 5.74) is 5.74. The number of nitrogens with one attached hydrogen (secondary N) is 1. The largest absolute Gasteiger partial charge is 0.346 e. The first-order chi connectivity index (χ1) is 7.93. The highest BCUT2D eigenvalue weighted by Crippen LogP contribution is 2.26. The second-order valence-electron chi connectivity index (χ2n) is 5.48. The molecule has 102 valence electrons. The fraction of sp³-hybridized carbons (Fsp3) is 0.923. The monoisotopic (exact) mass is 243 g/mol. The van der Waals surface area contributed by atoms with Gasteiger partial charge in [0.2, 0.25) is 5.91 Å². The fourth-order valence-electron chi connectivity index (χ4n) is 1.77. The van der Waals surface area contributed by atoms with Crippen molar-refractivity contribution in [1.82, 2.24) is 10.2 Å². The summed E-state index contributed by atoms with van der Waals surface area (Å²) in [6.45, 7) is 6.83. The maximum Gasteiger partial charge on any atom is 0.222 e. The smallest absolute Gasteiger partial charge is 0.222 e. The zero-order valence-electron chi connectivity index (χ0n) is 11.9. The molecule has 1 amide bonds. The third-order valence-electron chi connectivity index (χ3n) is 3.18. The lowest BCUT2D eigenvalue weighted by Gasteiger charge is -2.25. The van der Waals surface area contributed by atoms with Crippen LogP contribution in [0.25, 0.3) is 0 Å². The first-order valence-electron chi connectivity index (χ1n) is 6.51. The van der Waals surface area contributed by atoms with Gasteiger partial charge in [0.25, 0.3) is 0 Å². The van der Waals surface area contributed by atoms with Gasteiger partial charge >= 0.3 is 0 Å². The molecule has 0 atom stereocenters. The molecular weight excluding hydrogens is 214 g/mol. The highest BCUT2D eigenvalue weighted by Gasteiger charge is 2.19. The summed E-state index contributed by atoms with van der Waals surface area (Å²) in [6.07, 6.45) is 3.52. The van der Waals surface area contributed by atoms with Crippen LogP contribution >= 0.6 is 0 Å². The van der Waals surface area contributed by atoms with E-state index >= 15 is 0 Å². The van der Waals surface area contributed by atoms with Crippen LogP contribution in [-0.2, 0) is 4.79 Å². The molecule has 0 aliphatic carbocycles. The van der Waals surface area contributed by atoms with Crippen LogP contribution in [0.5, 0.6) is 0 Å². The molecule has 0 aromatic heterocycles. The summed E-state index contributed by atoms with van der Waals surface area (Å²) in [5, 5.41) is 3.08. The Kier molecular flexibility index (Phi) is 8.17. The Hall–Kier alpha value is -0.610. The fourth-order valence-corrected chi connectivity index (χ4v) is 1.77. The number of amides is 1. The van der Waals surface area contributed by atoms with E-state index in [9.17, 15) is 4.79 Å². The molecule has 0 spiro atoms. The second kappa shape index (κ2) is 8.48. The topological polar surface area (TPSA) is 58.4 Å². The van der Waals surface area contributed by atoms with Crippen molar-refractivity contribution < 1.29 is 4.79 Å².